The molecule has 1 fully saturated rings. The number of rotatable bonds is 7. The van der Waals surface area contributed by atoms with Gasteiger partial charge in [0.05, 0.1) is 0 Å². The van der Waals surface area contributed by atoms with Gasteiger partial charge in [-0.1, -0.05) is 25.1 Å². The zero-order chi connectivity index (χ0) is 21.0. The number of hydrogen-bond donors (Lipinski definition) is 2. The van der Waals surface area contributed by atoms with Crippen molar-refractivity contribution in [1.82, 2.24) is 10.2 Å². The Hall–Kier alpha value is -2.20. The van der Waals surface area contributed by atoms with E-state index in [0.29, 0.717) is 12.0 Å². The van der Waals surface area contributed by atoms with Crippen LogP contribution in [0.2, 0.25) is 0 Å². The van der Waals surface area contributed by atoms with Gasteiger partial charge in [-0.05, 0) is 73.6 Å². The molecular weight excluding hydrogens is 356 g/mol. The van der Waals surface area contributed by atoms with E-state index in [1.807, 2.05) is 0 Å². The van der Waals surface area contributed by atoms with Gasteiger partial charge in [0.1, 0.15) is 0 Å². The molecule has 0 heterocycles. The highest BCUT2D eigenvalue weighted by Crippen LogP contribution is 2.32. The summed E-state index contributed by atoms with van der Waals surface area (Å²) in [6, 6.07) is 7.36. The van der Waals surface area contributed by atoms with Crippen LogP contribution in [0, 0.1) is 11.8 Å². The number of hydrogen-bond acceptors (Lipinski definition) is 4. The summed E-state index contributed by atoms with van der Waals surface area (Å²) in [5.74, 6) is 1.48. The van der Waals surface area contributed by atoms with Gasteiger partial charge in [0, 0.05) is 57.8 Å². The maximum absolute atomic E-state index is 3.79. The predicted octanol–water partition coefficient (Wildman–Crippen LogP) is 4.59. The van der Waals surface area contributed by atoms with Crippen LogP contribution in [0.3, 0.4) is 0 Å². The Bertz CT molecular complexity index is 788. The molecule has 0 radical (unpaired) electrons. The Kier molecular flexibility index (Phi) is 7.07. The maximum atomic E-state index is 3.79. The average Bonchev–Trinajstić information content (AvgIpc) is 3.07. The molecule has 0 amide bonds. The quantitative estimate of drug-likeness (QED) is 0.708. The van der Waals surface area contributed by atoms with E-state index in [4.69, 9.17) is 0 Å². The Morgan fingerprint density at radius 1 is 1.07 bits per heavy atom. The summed E-state index contributed by atoms with van der Waals surface area (Å²) >= 11 is 0. The molecule has 0 bridgehead atoms. The van der Waals surface area contributed by atoms with E-state index >= 15 is 0 Å². The molecule has 1 aromatic rings. The first-order chi connectivity index (χ1) is 13.9. The normalized spacial score (nSPS) is 25.2. The molecule has 1 saturated carbocycles. The molecular formula is C25H38N4. The average molecular weight is 395 g/mol. The minimum Gasteiger partial charge on any atom is -0.384 e. The van der Waals surface area contributed by atoms with Gasteiger partial charge in [0.2, 0.25) is 0 Å². The number of nitrogens with one attached hydrogen (secondary N) is 2. The zero-order valence-electron chi connectivity index (χ0n) is 19.0. The van der Waals surface area contributed by atoms with E-state index < -0.39 is 0 Å². The lowest BCUT2D eigenvalue weighted by Crippen LogP contribution is -2.33. The van der Waals surface area contributed by atoms with Crippen LogP contribution in [0.1, 0.15) is 31.7 Å². The number of likely N-dealkylation sites (N-methyl/N-ethyl adjacent to an activating group) is 1. The highest BCUT2D eigenvalue weighted by molar-refractivity contribution is 5.74. The molecule has 3 unspecified atom stereocenters. The van der Waals surface area contributed by atoms with Gasteiger partial charge in [-0.25, -0.2) is 0 Å². The molecule has 0 saturated heterocycles. The summed E-state index contributed by atoms with van der Waals surface area (Å²) in [5.41, 5.74) is 6.35. The lowest BCUT2D eigenvalue weighted by molar-refractivity contribution is 0.443. The van der Waals surface area contributed by atoms with Crippen LogP contribution in [-0.2, 0) is 0 Å². The van der Waals surface area contributed by atoms with Crippen LogP contribution in [0.5, 0.6) is 0 Å². The molecule has 3 rings (SSSR count). The Morgan fingerprint density at radius 2 is 1.86 bits per heavy atom. The number of anilines is 2. The SMILES string of the molecule is CNC1CC(C)CC1CNc1cc(N(C)C)ccc1/C=C1/C=CC(N(C)C)=CC1. The molecule has 158 valence electrons. The van der Waals surface area contributed by atoms with Crippen LogP contribution < -0.4 is 15.5 Å². The highest BCUT2D eigenvalue weighted by Gasteiger charge is 2.30. The summed E-state index contributed by atoms with van der Waals surface area (Å²) < 4.78 is 0. The van der Waals surface area contributed by atoms with E-state index in [1.165, 1.54) is 41.1 Å². The molecule has 2 N–H and O–H groups in total. The van der Waals surface area contributed by atoms with Crippen molar-refractivity contribution in [2.24, 2.45) is 11.8 Å². The van der Waals surface area contributed by atoms with Crippen molar-refractivity contribution in [3.8, 4) is 0 Å². The summed E-state index contributed by atoms with van der Waals surface area (Å²) in [5, 5.41) is 7.32. The number of benzene rings is 1. The second-order valence-electron chi connectivity index (χ2n) is 9.06. The van der Waals surface area contributed by atoms with E-state index in [0.717, 1.165) is 18.9 Å². The lowest BCUT2D eigenvalue weighted by atomic mass is 10.00. The van der Waals surface area contributed by atoms with Crippen molar-refractivity contribution in [3.63, 3.8) is 0 Å². The van der Waals surface area contributed by atoms with E-state index in [1.54, 1.807) is 0 Å². The first-order valence-corrected chi connectivity index (χ1v) is 10.9. The molecule has 3 atom stereocenters. The van der Waals surface area contributed by atoms with Gasteiger partial charge < -0.3 is 20.4 Å². The van der Waals surface area contributed by atoms with E-state index in [2.05, 4.69) is 105 Å². The summed E-state index contributed by atoms with van der Waals surface area (Å²) in [7, 11) is 10.5. The third-order valence-electron chi connectivity index (χ3n) is 6.28. The minimum atomic E-state index is 0.618. The fourth-order valence-electron chi connectivity index (χ4n) is 4.51. The van der Waals surface area contributed by atoms with Crippen molar-refractivity contribution in [3.05, 3.63) is 53.3 Å². The van der Waals surface area contributed by atoms with Gasteiger partial charge in [-0.2, -0.15) is 0 Å². The molecule has 1 aromatic carbocycles. The van der Waals surface area contributed by atoms with Crippen LogP contribution >= 0.6 is 0 Å². The molecule has 2 aliphatic rings. The molecule has 0 aliphatic heterocycles. The number of nitrogens with zero attached hydrogens (tertiary/aromatic N) is 2. The van der Waals surface area contributed by atoms with Gasteiger partial charge >= 0.3 is 0 Å². The fraction of sp³-hybridized carbons (Fsp3) is 0.520. The monoisotopic (exact) mass is 394 g/mol. The van der Waals surface area contributed by atoms with Gasteiger partial charge in [0.25, 0.3) is 0 Å². The summed E-state index contributed by atoms with van der Waals surface area (Å²) in [6.45, 7) is 3.39. The Morgan fingerprint density at radius 3 is 2.48 bits per heavy atom. The topological polar surface area (TPSA) is 30.5 Å². The van der Waals surface area contributed by atoms with Crippen molar-refractivity contribution >= 4 is 17.5 Å². The zero-order valence-corrected chi connectivity index (χ0v) is 19.0. The first kappa shape index (κ1) is 21.5. The molecule has 2 aliphatic carbocycles. The lowest BCUT2D eigenvalue weighted by Gasteiger charge is -2.22. The fourth-order valence-corrected chi connectivity index (χ4v) is 4.51. The first-order valence-electron chi connectivity index (χ1n) is 10.9. The smallest absolute Gasteiger partial charge is 0.0434 e. The van der Waals surface area contributed by atoms with Gasteiger partial charge in [-0.15, -0.1) is 0 Å². The largest absolute Gasteiger partial charge is 0.384 e. The van der Waals surface area contributed by atoms with Gasteiger partial charge in [-0.3, -0.25) is 0 Å². The van der Waals surface area contributed by atoms with Crippen molar-refractivity contribution in [1.29, 1.82) is 0 Å². The Labute approximate surface area is 177 Å². The van der Waals surface area contributed by atoms with Crippen LogP contribution in [-0.4, -0.2) is 52.7 Å². The van der Waals surface area contributed by atoms with Gasteiger partial charge in [0.15, 0.2) is 0 Å². The van der Waals surface area contributed by atoms with E-state index in [-0.39, 0.29) is 0 Å². The van der Waals surface area contributed by atoms with Crippen molar-refractivity contribution in [2.45, 2.75) is 32.2 Å². The molecule has 0 aromatic heterocycles. The predicted molar refractivity (Wildman–Crippen MR) is 127 cm³/mol. The third-order valence-corrected chi connectivity index (χ3v) is 6.28. The third kappa shape index (κ3) is 5.45. The van der Waals surface area contributed by atoms with E-state index in [9.17, 15) is 0 Å². The second kappa shape index (κ2) is 9.53. The maximum Gasteiger partial charge on any atom is 0.0434 e. The van der Waals surface area contributed by atoms with Crippen molar-refractivity contribution < 1.29 is 0 Å². The molecule has 4 nitrogen and oxygen atoms in total. The molecule has 29 heavy (non-hydrogen) atoms. The summed E-state index contributed by atoms with van der Waals surface area (Å²) in [6.07, 6.45) is 12.6. The van der Waals surface area contributed by atoms with Crippen LogP contribution in [0.4, 0.5) is 11.4 Å². The number of allylic oxidation sites excluding steroid dienone is 4. The minimum absolute atomic E-state index is 0.618. The second-order valence-corrected chi connectivity index (χ2v) is 9.06. The van der Waals surface area contributed by atoms with Crippen molar-refractivity contribution in [2.75, 3.05) is 52.0 Å². The summed E-state index contributed by atoms with van der Waals surface area (Å²) in [4.78, 5) is 4.33. The molecule has 4 heteroatoms. The highest BCUT2D eigenvalue weighted by atomic mass is 15.1. The standard InChI is InChI=1S/C25H38N4/c1-18-13-21(24(14-18)26-2)17-27-25-16-23(29(5)6)12-9-20(25)15-19-7-10-22(11-8-19)28(3)4/h7,9-12,15-16,18,21,24,26-27H,8,13-14,17H2,1-6H3/b19-15-. The van der Waals surface area contributed by atoms with Crippen LogP contribution in [0.15, 0.2) is 47.7 Å². The Balaban J connectivity index is 1.79. The van der Waals surface area contributed by atoms with Crippen LogP contribution in [0.25, 0.3) is 6.08 Å². The molecule has 0 spiro atoms.